The van der Waals surface area contributed by atoms with Crippen molar-refractivity contribution < 1.29 is 9.47 Å². The topological polar surface area (TPSA) is 62.3 Å². The molecule has 0 aliphatic carbocycles. The maximum absolute atomic E-state index is 5.69. The van der Waals surface area contributed by atoms with Crippen LogP contribution in [-0.4, -0.2) is 16.9 Å². The third kappa shape index (κ3) is 2.74. The van der Waals surface area contributed by atoms with Crippen LogP contribution in [0.15, 0.2) is 30.3 Å². The number of ether oxygens (including phenoxy) is 2. The highest BCUT2D eigenvalue weighted by Crippen LogP contribution is 2.20. The molecule has 0 aliphatic rings. The van der Waals surface area contributed by atoms with Gasteiger partial charge in [-0.1, -0.05) is 6.07 Å². The monoisotopic (exact) mass is 247 g/mol. The lowest BCUT2D eigenvalue weighted by Gasteiger charge is -2.08. The lowest BCUT2D eigenvalue weighted by Crippen LogP contribution is -2.06. The Bertz CT molecular complexity index is 523. The van der Waals surface area contributed by atoms with Crippen LogP contribution in [0.1, 0.15) is 12.6 Å². The number of aryl methyl sites for hydroxylation is 1. The first-order valence-electron chi connectivity index (χ1n) is 5.82. The summed E-state index contributed by atoms with van der Waals surface area (Å²) in [7, 11) is 1.63. The van der Waals surface area contributed by atoms with Crippen LogP contribution in [0.2, 0.25) is 0 Å². The predicted octanol–water partition coefficient (Wildman–Crippen LogP) is 2.07. The number of nitrogen functional groups attached to an aromatic ring is 1. The lowest BCUT2D eigenvalue weighted by atomic mass is 10.3. The minimum atomic E-state index is 0.436. The van der Waals surface area contributed by atoms with E-state index in [4.69, 9.17) is 15.2 Å². The van der Waals surface area contributed by atoms with Gasteiger partial charge < -0.3 is 15.2 Å². The smallest absolute Gasteiger partial charge is 0.145 e. The SMILES string of the molecule is CCn1nc(N)cc1COc1cccc(OC)c1. The quantitative estimate of drug-likeness (QED) is 0.878. The maximum atomic E-state index is 5.69. The highest BCUT2D eigenvalue weighted by Gasteiger charge is 2.05. The Morgan fingerprint density at radius 2 is 2.06 bits per heavy atom. The summed E-state index contributed by atoms with van der Waals surface area (Å²) in [6.07, 6.45) is 0. The molecule has 1 aromatic heterocycles. The van der Waals surface area contributed by atoms with Crippen LogP contribution in [0, 0.1) is 0 Å². The van der Waals surface area contributed by atoms with Crippen molar-refractivity contribution in [2.75, 3.05) is 12.8 Å². The van der Waals surface area contributed by atoms with E-state index < -0.39 is 0 Å². The minimum absolute atomic E-state index is 0.436. The zero-order valence-electron chi connectivity index (χ0n) is 10.6. The van der Waals surface area contributed by atoms with Gasteiger partial charge in [-0.3, -0.25) is 4.68 Å². The van der Waals surface area contributed by atoms with Crippen molar-refractivity contribution in [2.45, 2.75) is 20.1 Å². The molecule has 0 unspecified atom stereocenters. The molecule has 96 valence electrons. The van der Waals surface area contributed by atoms with Crippen molar-refractivity contribution in [3.8, 4) is 11.5 Å². The summed E-state index contributed by atoms with van der Waals surface area (Å²) < 4.78 is 12.7. The van der Waals surface area contributed by atoms with E-state index in [2.05, 4.69) is 5.10 Å². The zero-order chi connectivity index (χ0) is 13.0. The Balaban J connectivity index is 2.06. The average molecular weight is 247 g/mol. The molecule has 0 aliphatic heterocycles. The standard InChI is InChI=1S/C13H17N3O2/c1-3-16-10(7-13(14)15-16)9-18-12-6-4-5-11(8-12)17-2/h4-8H,3,9H2,1-2H3,(H2,14,15). The second-order valence-corrected chi connectivity index (χ2v) is 3.84. The van der Waals surface area contributed by atoms with Crippen molar-refractivity contribution in [2.24, 2.45) is 0 Å². The molecule has 0 saturated heterocycles. The van der Waals surface area contributed by atoms with Gasteiger partial charge in [-0.2, -0.15) is 5.10 Å². The second kappa shape index (κ2) is 5.44. The van der Waals surface area contributed by atoms with E-state index in [0.29, 0.717) is 12.4 Å². The van der Waals surface area contributed by atoms with E-state index in [-0.39, 0.29) is 0 Å². The van der Waals surface area contributed by atoms with E-state index in [1.165, 1.54) is 0 Å². The summed E-state index contributed by atoms with van der Waals surface area (Å²) in [5.74, 6) is 2.05. The number of methoxy groups -OCH3 is 1. The Kier molecular flexibility index (Phi) is 3.72. The largest absolute Gasteiger partial charge is 0.497 e. The molecule has 0 atom stereocenters. The highest BCUT2D eigenvalue weighted by atomic mass is 16.5. The molecule has 1 aromatic carbocycles. The molecular weight excluding hydrogens is 230 g/mol. The van der Waals surface area contributed by atoms with Crippen molar-refractivity contribution in [3.05, 3.63) is 36.0 Å². The van der Waals surface area contributed by atoms with E-state index in [0.717, 1.165) is 23.7 Å². The number of anilines is 1. The van der Waals surface area contributed by atoms with Gasteiger partial charge in [0.2, 0.25) is 0 Å². The van der Waals surface area contributed by atoms with Gasteiger partial charge in [-0.25, -0.2) is 0 Å². The third-order valence-corrected chi connectivity index (χ3v) is 2.61. The normalized spacial score (nSPS) is 10.3. The van der Waals surface area contributed by atoms with Gasteiger partial charge in [0, 0.05) is 18.7 Å². The Labute approximate surface area is 106 Å². The van der Waals surface area contributed by atoms with Crippen LogP contribution < -0.4 is 15.2 Å². The number of rotatable bonds is 5. The van der Waals surface area contributed by atoms with Crippen LogP contribution in [0.3, 0.4) is 0 Å². The number of hydrogen-bond acceptors (Lipinski definition) is 4. The first-order valence-corrected chi connectivity index (χ1v) is 5.82. The molecule has 2 rings (SSSR count). The molecule has 1 heterocycles. The molecule has 2 aromatic rings. The van der Waals surface area contributed by atoms with E-state index in [1.807, 2.05) is 41.9 Å². The second-order valence-electron chi connectivity index (χ2n) is 3.84. The van der Waals surface area contributed by atoms with Gasteiger partial charge in [0.1, 0.15) is 23.9 Å². The molecule has 0 amide bonds. The molecular formula is C13H17N3O2. The van der Waals surface area contributed by atoms with Crippen molar-refractivity contribution >= 4 is 5.82 Å². The summed E-state index contributed by atoms with van der Waals surface area (Å²) >= 11 is 0. The highest BCUT2D eigenvalue weighted by molar-refractivity contribution is 5.33. The van der Waals surface area contributed by atoms with Gasteiger partial charge in [-0.05, 0) is 19.1 Å². The van der Waals surface area contributed by atoms with Crippen LogP contribution in [0.4, 0.5) is 5.82 Å². The van der Waals surface area contributed by atoms with E-state index >= 15 is 0 Å². The molecule has 2 N–H and O–H groups in total. The first kappa shape index (κ1) is 12.3. The molecule has 0 bridgehead atoms. The van der Waals surface area contributed by atoms with Crippen molar-refractivity contribution in [3.63, 3.8) is 0 Å². The van der Waals surface area contributed by atoms with Gasteiger partial charge in [0.25, 0.3) is 0 Å². The minimum Gasteiger partial charge on any atom is -0.497 e. The summed E-state index contributed by atoms with van der Waals surface area (Å²) in [6.45, 7) is 3.22. The lowest BCUT2D eigenvalue weighted by molar-refractivity contribution is 0.290. The molecule has 0 fully saturated rings. The average Bonchev–Trinajstić information content (AvgIpc) is 2.77. The first-order chi connectivity index (χ1) is 8.72. The van der Waals surface area contributed by atoms with Crippen molar-refractivity contribution in [1.29, 1.82) is 0 Å². The number of benzene rings is 1. The molecule has 0 spiro atoms. The summed E-state index contributed by atoms with van der Waals surface area (Å²) in [5.41, 5.74) is 6.62. The summed E-state index contributed by atoms with van der Waals surface area (Å²) in [5, 5.41) is 4.16. The molecule has 18 heavy (non-hydrogen) atoms. The third-order valence-electron chi connectivity index (χ3n) is 2.61. The number of aromatic nitrogens is 2. The van der Waals surface area contributed by atoms with Crippen LogP contribution in [-0.2, 0) is 13.2 Å². The Hall–Kier alpha value is -2.17. The van der Waals surface area contributed by atoms with Crippen molar-refractivity contribution in [1.82, 2.24) is 9.78 Å². The van der Waals surface area contributed by atoms with Gasteiger partial charge in [0.05, 0.1) is 12.8 Å². The van der Waals surface area contributed by atoms with Crippen LogP contribution in [0.5, 0.6) is 11.5 Å². The summed E-state index contributed by atoms with van der Waals surface area (Å²) in [6, 6.07) is 9.32. The Morgan fingerprint density at radius 1 is 1.28 bits per heavy atom. The van der Waals surface area contributed by atoms with Crippen LogP contribution >= 0.6 is 0 Å². The fraction of sp³-hybridized carbons (Fsp3) is 0.308. The predicted molar refractivity (Wildman–Crippen MR) is 69.6 cm³/mol. The van der Waals surface area contributed by atoms with E-state index in [1.54, 1.807) is 7.11 Å². The fourth-order valence-electron chi connectivity index (χ4n) is 1.72. The fourth-order valence-corrected chi connectivity index (χ4v) is 1.72. The molecule has 0 radical (unpaired) electrons. The molecule has 5 nitrogen and oxygen atoms in total. The Morgan fingerprint density at radius 3 is 2.78 bits per heavy atom. The van der Waals surface area contributed by atoms with E-state index in [9.17, 15) is 0 Å². The molecule has 5 heteroatoms. The zero-order valence-corrected chi connectivity index (χ0v) is 10.6. The van der Waals surface area contributed by atoms with Gasteiger partial charge >= 0.3 is 0 Å². The maximum Gasteiger partial charge on any atom is 0.145 e. The van der Waals surface area contributed by atoms with Crippen LogP contribution in [0.25, 0.3) is 0 Å². The summed E-state index contributed by atoms with van der Waals surface area (Å²) in [4.78, 5) is 0. The number of nitrogens with zero attached hydrogens (tertiary/aromatic N) is 2. The van der Waals surface area contributed by atoms with Gasteiger partial charge in [0.15, 0.2) is 0 Å². The number of hydrogen-bond donors (Lipinski definition) is 1. The van der Waals surface area contributed by atoms with Gasteiger partial charge in [-0.15, -0.1) is 0 Å². The molecule has 0 saturated carbocycles. The number of nitrogens with two attached hydrogens (primary N) is 1.